The van der Waals surface area contributed by atoms with Crippen molar-refractivity contribution in [2.24, 2.45) is 0 Å². The number of carbonyl (C=O) groups excluding carboxylic acids is 1. The number of benzene rings is 1. The third-order valence-corrected chi connectivity index (χ3v) is 2.63. The summed E-state index contributed by atoms with van der Waals surface area (Å²) in [5.74, 6) is -0.881. The molecule has 0 radical (unpaired) electrons. The first-order valence-corrected chi connectivity index (χ1v) is 7.31. The topological polar surface area (TPSA) is 108 Å². The Hall–Kier alpha value is -2.34. The van der Waals surface area contributed by atoms with E-state index in [0.717, 1.165) is 18.4 Å². The van der Waals surface area contributed by atoms with E-state index in [1.54, 1.807) is 13.0 Å². The molecule has 0 saturated heterocycles. The lowest BCUT2D eigenvalue weighted by atomic mass is 10.1. The van der Waals surface area contributed by atoms with Crippen LogP contribution < -0.4 is 10.0 Å². The third kappa shape index (κ3) is 4.40. The second kappa shape index (κ2) is 6.21. The van der Waals surface area contributed by atoms with Crippen molar-refractivity contribution in [2.45, 2.75) is 6.92 Å². The number of nitriles is 1. The van der Waals surface area contributed by atoms with Gasteiger partial charge in [-0.2, -0.15) is 5.26 Å². The number of ether oxygens (including phenoxy) is 1. The van der Waals surface area contributed by atoms with Crippen molar-refractivity contribution in [3.63, 3.8) is 0 Å². The lowest BCUT2D eigenvalue weighted by Crippen LogP contribution is -2.16. The molecule has 1 rings (SSSR count). The van der Waals surface area contributed by atoms with E-state index in [0.29, 0.717) is 0 Å². The molecule has 1 aromatic carbocycles. The van der Waals surface area contributed by atoms with Gasteiger partial charge in [0.2, 0.25) is 10.0 Å². The predicted molar refractivity (Wildman–Crippen MR) is 70.2 cm³/mol. The predicted octanol–water partition coefficient (Wildman–Crippen LogP) is 1.64. The number of amides is 1. The van der Waals surface area contributed by atoms with Gasteiger partial charge in [0.25, 0.3) is 0 Å². The summed E-state index contributed by atoms with van der Waals surface area (Å²) in [4.78, 5) is 11.2. The fourth-order valence-corrected chi connectivity index (χ4v) is 1.89. The number of hydrogen-bond acceptors (Lipinski definition) is 5. The molecule has 9 heteroatoms. The van der Waals surface area contributed by atoms with Crippen molar-refractivity contribution < 1.29 is 22.3 Å². The highest BCUT2D eigenvalue weighted by atomic mass is 32.2. The van der Waals surface area contributed by atoms with Gasteiger partial charge in [-0.25, -0.2) is 17.6 Å². The van der Waals surface area contributed by atoms with Crippen LogP contribution in [0.4, 0.5) is 20.6 Å². The van der Waals surface area contributed by atoms with Gasteiger partial charge in [0.15, 0.2) is 0 Å². The summed E-state index contributed by atoms with van der Waals surface area (Å²) in [6.07, 6.45) is -0.00270. The molecule has 0 aliphatic rings. The lowest BCUT2D eigenvalue weighted by molar-refractivity contribution is 0.168. The van der Waals surface area contributed by atoms with Gasteiger partial charge in [-0.1, -0.05) is 0 Å². The van der Waals surface area contributed by atoms with E-state index in [1.807, 2.05) is 0 Å². The van der Waals surface area contributed by atoms with E-state index in [1.165, 1.54) is 0 Å². The molecule has 0 aliphatic heterocycles. The van der Waals surface area contributed by atoms with Gasteiger partial charge in [0.05, 0.1) is 29.8 Å². The quantitative estimate of drug-likeness (QED) is 0.878. The van der Waals surface area contributed by atoms with Crippen LogP contribution >= 0.6 is 0 Å². The molecule has 0 heterocycles. The van der Waals surface area contributed by atoms with Crippen molar-refractivity contribution in [1.29, 1.82) is 5.26 Å². The van der Waals surface area contributed by atoms with Crippen molar-refractivity contribution in [3.05, 3.63) is 23.5 Å². The Balaban J connectivity index is 3.18. The molecular weight excluding hydrogens is 289 g/mol. The third-order valence-electron chi connectivity index (χ3n) is 2.04. The van der Waals surface area contributed by atoms with Crippen LogP contribution in [0.2, 0.25) is 0 Å². The summed E-state index contributed by atoms with van der Waals surface area (Å²) in [6.45, 7) is 1.67. The number of carbonyl (C=O) groups is 1. The van der Waals surface area contributed by atoms with E-state index in [2.05, 4.69) is 14.8 Å². The molecule has 0 fully saturated rings. The number of nitrogens with zero attached hydrogens (tertiary/aromatic N) is 1. The van der Waals surface area contributed by atoms with Gasteiger partial charge < -0.3 is 4.74 Å². The Morgan fingerprint density at radius 3 is 2.60 bits per heavy atom. The minimum absolute atomic E-state index is 0.0954. The van der Waals surface area contributed by atoms with Crippen LogP contribution in [-0.2, 0) is 14.8 Å². The Morgan fingerprint density at radius 1 is 1.45 bits per heavy atom. The summed E-state index contributed by atoms with van der Waals surface area (Å²) in [7, 11) is -3.65. The minimum Gasteiger partial charge on any atom is -0.450 e. The Morgan fingerprint density at radius 2 is 2.10 bits per heavy atom. The molecule has 0 bridgehead atoms. The van der Waals surface area contributed by atoms with Crippen LogP contribution in [-0.4, -0.2) is 27.4 Å². The summed E-state index contributed by atoms with van der Waals surface area (Å²) in [5, 5.41) is 10.9. The largest absolute Gasteiger partial charge is 0.450 e. The Labute approximate surface area is 115 Å². The first-order chi connectivity index (χ1) is 9.26. The molecule has 1 aromatic rings. The van der Waals surface area contributed by atoms with Gasteiger partial charge in [0, 0.05) is 0 Å². The van der Waals surface area contributed by atoms with Gasteiger partial charge >= 0.3 is 6.09 Å². The van der Waals surface area contributed by atoms with Crippen LogP contribution in [0.3, 0.4) is 0 Å². The maximum Gasteiger partial charge on any atom is 0.411 e. The van der Waals surface area contributed by atoms with E-state index in [9.17, 15) is 17.6 Å². The van der Waals surface area contributed by atoms with Crippen molar-refractivity contribution >= 4 is 27.5 Å². The lowest BCUT2D eigenvalue weighted by Gasteiger charge is -2.11. The summed E-state index contributed by atoms with van der Waals surface area (Å²) in [6, 6.07) is 3.47. The number of nitrogens with one attached hydrogen (secondary N) is 2. The summed E-state index contributed by atoms with van der Waals surface area (Å²) in [5.41, 5.74) is -0.640. The van der Waals surface area contributed by atoms with Crippen LogP contribution in [0.5, 0.6) is 0 Å². The highest BCUT2D eigenvalue weighted by Crippen LogP contribution is 2.25. The fourth-order valence-electron chi connectivity index (χ4n) is 1.32. The molecule has 20 heavy (non-hydrogen) atoms. The monoisotopic (exact) mass is 301 g/mol. The second-order valence-corrected chi connectivity index (χ2v) is 5.46. The molecule has 2 N–H and O–H groups in total. The SMILES string of the molecule is CCOC(=O)Nc1cc(NS(C)(=O)=O)c(C#N)cc1F. The first-order valence-electron chi connectivity index (χ1n) is 5.42. The molecule has 0 saturated carbocycles. The zero-order chi connectivity index (χ0) is 15.3. The van der Waals surface area contributed by atoms with Gasteiger partial charge in [-0.3, -0.25) is 10.0 Å². The maximum absolute atomic E-state index is 13.7. The highest BCUT2D eigenvalue weighted by Gasteiger charge is 2.14. The maximum atomic E-state index is 13.7. The van der Waals surface area contributed by atoms with Gasteiger partial charge in [-0.05, 0) is 19.1 Å². The van der Waals surface area contributed by atoms with Crippen LogP contribution in [0, 0.1) is 17.1 Å². The molecular formula is C11H12FN3O4S. The second-order valence-electron chi connectivity index (χ2n) is 3.71. The van der Waals surface area contributed by atoms with E-state index < -0.39 is 21.9 Å². The average Bonchev–Trinajstić information content (AvgIpc) is 2.31. The van der Waals surface area contributed by atoms with E-state index >= 15 is 0 Å². The standard InChI is InChI=1S/C11H12FN3O4S/c1-3-19-11(16)14-10-5-9(15-20(2,17)18)7(6-13)4-8(10)12/h4-5,15H,3H2,1-2H3,(H,14,16). The summed E-state index contributed by atoms with van der Waals surface area (Å²) >= 11 is 0. The number of sulfonamides is 1. The van der Waals surface area contributed by atoms with Crippen molar-refractivity contribution in [3.8, 4) is 6.07 Å². The number of hydrogen-bond donors (Lipinski definition) is 2. The number of anilines is 2. The molecule has 0 aliphatic carbocycles. The average molecular weight is 301 g/mol. The number of halogens is 1. The smallest absolute Gasteiger partial charge is 0.411 e. The number of rotatable bonds is 4. The molecule has 0 aromatic heterocycles. The van der Waals surface area contributed by atoms with Crippen LogP contribution in [0.25, 0.3) is 0 Å². The normalized spacial score (nSPS) is 10.5. The zero-order valence-corrected chi connectivity index (χ0v) is 11.5. The van der Waals surface area contributed by atoms with Gasteiger partial charge in [-0.15, -0.1) is 0 Å². The Kier molecular flexibility index (Phi) is 4.88. The first kappa shape index (κ1) is 15.7. The Bertz CT molecular complexity index is 667. The molecule has 0 spiro atoms. The molecule has 1 amide bonds. The highest BCUT2D eigenvalue weighted by molar-refractivity contribution is 7.92. The van der Waals surface area contributed by atoms with Crippen LogP contribution in [0.15, 0.2) is 12.1 Å². The molecule has 7 nitrogen and oxygen atoms in total. The van der Waals surface area contributed by atoms with Crippen LogP contribution in [0.1, 0.15) is 12.5 Å². The zero-order valence-electron chi connectivity index (χ0n) is 10.7. The fraction of sp³-hybridized carbons (Fsp3) is 0.273. The minimum atomic E-state index is -3.65. The van der Waals surface area contributed by atoms with Crippen molar-refractivity contribution in [1.82, 2.24) is 0 Å². The molecule has 0 atom stereocenters. The molecule has 108 valence electrons. The summed E-state index contributed by atoms with van der Waals surface area (Å²) < 4.78 is 42.6. The van der Waals surface area contributed by atoms with E-state index in [-0.39, 0.29) is 23.5 Å². The van der Waals surface area contributed by atoms with Gasteiger partial charge in [0.1, 0.15) is 11.9 Å². The van der Waals surface area contributed by atoms with Crippen molar-refractivity contribution in [2.75, 3.05) is 22.9 Å². The molecule has 0 unspecified atom stereocenters. The van der Waals surface area contributed by atoms with E-state index in [4.69, 9.17) is 5.26 Å².